The Bertz CT molecular complexity index is 441. The van der Waals surface area contributed by atoms with Crippen molar-refractivity contribution in [2.24, 2.45) is 0 Å². The van der Waals surface area contributed by atoms with Crippen molar-refractivity contribution in [3.8, 4) is 0 Å². The molecule has 5 heteroatoms. The van der Waals surface area contributed by atoms with Gasteiger partial charge >= 0.3 is 12.0 Å². The molecule has 1 heterocycles. The average Bonchev–Trinajstić information content (AvgIpc) is 2.92. The van der Waals surface area contributed by atoms with Crippen LogP contribution in [-0.2, 0) is 4.79 Å². The standard InChI is InChI=1S/C14H18N2O3/c17-13(18)10-12(11-6-2-1-3-7-11)15-14(19)16-8-4-5-9-16/h1-3,6-7,12H,4-5,8-10H2,(H,15,19)(H,17,18). The van der Waals surface area contributed by atoms with Crippen molar-refractivity contribution >= 4 is 12.0 Å². The first-order valence-corrected chi connectivity index (χ1v) is 6.49. The SMILES string of the molecule is O=C(O)CC(NC(=O)N1CCCC1)c1ccccc1. The molecule has 1 fully saturated rings. The van der Waals surface area contributed by atoms with Gasteiger partial charge in [0.05, 0.1) is 12.5 Å². The van der Waals surface area contributed by atoms with Gasteiger partial charge in [0.15, 0.2) is 0 Å². The topological polar surface area (TPSA) is 69.6 Å². The van der Waals surface area contributed by atoms with Crippen molar-refractivity contribution in [1.29, 1.82) is 0 Å². The van der Waals surface area contributed by atoms with E-state index in [0.717, 1.165) is 31.5 Å². The Labute approximate surface area is 112 Å². The summed E-state index contributed by atoms with van der Waals surface area (Å²) in [5.41, 5.74) is 0.817. The van der Waals surface area contributed by atoms with E-state index in [4.69, 9.17) is 5.11 Å². The van der Waals surface area contributed by atoms with Gasteiger partial charge in [-0.2, -0.15) is 0 Å². The van der Waals surface area contributed by atoms with Crippen molar-refractivity contribution in [1.82, 2.24) is 10.2 Å². The monoisotopic (exact) mass is 262 g/mol. The molecule has 0 spiro atoms. The average molecular weight is 262 g/mol. The summed E-state index contributed by atoms with van der Waals surface area (Å²) in [5, 5.41) is 11.8. The first-order chi connectivity index (χ1) is 9.16. The van der Waals surface area contributed by atoms with Crippen LogP contribution in [0.2, 0.25) is 0 Å². The van der Waals surface area contributed by atoms with E-state index in [2.05, 4.69) is 5.32 Å². The molecule has 102 valence electrons. The van der Waals surface area contributed by atoms with Crippen LogP contribution >= 0.6 is 0 Å². The molecule has 5 nitrogen and oxygen atoms in total. The van der Waals surface area contributed by atoms with Crippen molar-refractivity contribution in [3.05, 3.63) is 35.9 Å². The van der Waals surface area contributed by atoms with Gasteiger partial charge < -0.3 is 15.3 Å². The second-order valence-corrected chi connectivity index (χ2v) is 4.70. The number of rotatable bonds is 4. The summed E-state index contributed by atoms with van der Waals surface area (Å²) in [6, 6.07) is 8.55. The highest BCUT2D eigenvalue weighted by Gasteiger charge is 2.23. The number of carboxylic acid groups (broad SMARTS) is 1. The summed E-state index contributed by atoms with van der Waals surface area (Å²) in [6.07, 6.45) is 1.92. The third kappa shape index (κ3) is 3.71. The largest absolute Gasteiger partial charge is 0.481 e. The van der Waals surface area contributed by atoms with Gasteiger partial charge in [-0.25, -0.2) is 4.79 Å². The molecular weight excluding hydrogens is 244 g/mol. The van der Waals surface area contributed by atoms with Crippen molar-refractivity contribution < 1.29 is 14.7 Å². The number of aliphatic carboxylic acids is 1. The van der Waals surface area contributed by atoms with Gasteiger partial charge in [-0.05, 0) is 18.4 Å². The van der Waals surface area contributed by atoms with E-state index in [1.165, 1.54) is 0 Å². The van der Waals surface area contributed by atoms with E-state index in [1.807, 2.05) is 30.3 Å². The Morgan fingerprint density at radius 2 is 1.84 bits per heavy atom. The molecule has 0 aromatic heterocycles. The quantitative estimate of drug-likeness (QED) is 0.872. The molecule has 2 N–H and O–H groups in total. The molecular formula is C14H18N2O3. The Balaban J connectivity index is 2.05. The van der Waals surface area contributed by atoms with Crippen LogP contribution in [0, 0.1) is 0 Å². The summed E-state index contributed by atoms with van der Waals surface area (Å²) < 4.78 is 0. The minimum atomic E-state index is -0.921. The van der Waals surface area contributed by atoms with Crippen LogP contribution in [0.4, 0.5) is 4.79 Å². The number of carboxylic acids is 1. The number of benzene rings is 1. The maximum absolute atomic E-state index is 12.0. The van der Waals surface area contributed by atoms with Crippen LogP contribution in [-0.4, -0.2) is 35.1 Å². The Hall–Kier alpha value is -2.04. The lowest BCUT2D eigenvalue weighted by Gasteiger charge is -2.22. The van der Waals surface area contributed by atoms with Crippen molar-refractivity contribution in [2.75, 3.05) is 13.1 Å². The molecule has 1 aromatic carbocycles. The smallest absolute Gasteiger partial charge is 0.317 e. The van der Waals surface area contributed by atoms with Gasteiger partial charge in [-0.15, -0.1) is 0 Å². The molecule has 2 amide bonds. The maximum atomic E-state index is 12.0. The molecule has 19 heavy (non-hydrogen) atoms. The molecule has 0 aliphatic carbocycles. The number of carbonyl (C=O) groups is 2. The lowest BCUT2D eigenvalue weighted by Crippen LogP contribution is -2.40. The van der Waals surface area contributed by atoms with E-state index in [-0.39, 0.29) is 12.5 Å². The molecule has 0 bridgehead atoms. The van der Waals surface area contributed by atoms with Crippen molar-refractivity contribution in [3.63, 3.8) is 0 Å². The third-order valence-corrected chi connectivity index (χ3v) is 3.27. The molecule has 0 radical (unpaired) electrons. The fourth-order valence-electron chi connectivity index (χ4n) is 2.27. The number of likely N-dealkylation sites (tertiary alicyclic amines) is 1. The summed E-state index contributed by atoms with van der Waals surface area (Å²) in [6.45, 7) is 1.50. The van der Waals surface area contributed by atoms with Crippen LogP contribution in [0.15, 0.2) is 30.3 Å². The molecule has 0 saturated carbocycles. The molecule has 1 aliphatic heterocycles. The highest BCUT2D eigenvalue weighted by atomic mass is 16.4. The van der Waals surface area contributed by atoms with Gasteiger partial charge in [-0.3, -0.25) is 4.79 Å². The fraction of sp³-hybridized carbons (Fsp3) is 0.429. The normalized spacial score (nSPS) is 16.1. The van der Waals surface area contributed by atoms with Gasteiger partial charge in [0.1, 0.15) is 0 Å². The predicted molar refractivity (Wildman–Crippen MR) is 70.8 cm³/mol. The highest BCUT2D eigenvalue weighted by Crippen LogP contribution is 2.18. The first kappa shape index (κ1) is 13.4. The molecule has 2 rings (SSSR count). The number of nitrogens with zero attached hydrogens (tertiary/aromatic N) is 1. The molecule has 1 aliphatic rings. The highest BCUT2D eigenvalue weighted by molar-refractivity contribution is 5.76. The molecule has 1 aromatic rings. The lowest BCUT2D eigenvalue weighted by molar-refractivity contribution is -0.137. The fourth-order valence-corrected chi connectivity index (χ4v) is 2.27. The zero-order valence-electron chi connectivity index (χ0n) is 10.7. The summed E-state index contributed by atoms with van der Waals surface area (Å²) >= 11 is 0. The van der Waals surface area contributed by atoms with Gasteiger partial charge in [0.25, 0.3) is 0 Å². The minimum Gasteiger partial charge on any atom is -0.481 e. The Morgan fingerprint density at radius 3 is 2.42 bits per heavy atom. The predicted octanol–water partition coefficient (Wildman–Crippen LogP) is 2.01. The van der Waals surface area contributed by atoms with Gasteiger partial charge in [0, 0.05) is 13.1 Å². The van der Waals surface area contributed by atoms with Crippen LogP contribution in [0.1, 0.15) is 30.9 Å². The Morgan fingerprint density at radius 1 is 1.21 bits per heavy atom. The Kier molecular flexibility index (Phi) is 4.39. The van der Waals surface area contributed by atoms with E-state index < -0.39 is 12.0 Å². The lowest BCUT2D eigenvalue weighted by atomic mass is 10.0. The molecule has 1 saturated heterocycles. The van der Waals surface area contributed by atoms with Crippen LogP contribution in [0.3, 0.4) is 0 Å². The van der Waals surface area contributed by atoms with Crippen LogP contribution in [0.5, 0.6) is 0 Å². The zero-order valence-corrected chi connectivity index (χ0v) is 10.7. The number of hydrogen-bond acceptors (Lipinski definition) is 2. The van der Waals surface area contributed by atoms with Gasteiger partial charge in [0.2, 0.25) is 0 Å². The number of hydrogen-bond donors (Lipinski definition) is 2. The second-order valence-electron chi connectivity index (χ2n) is 4.70. The second kappa shape index (κ2) is 6.22. The zero-order chi connectivity index (χ0) is 13.7. The van der Waals surface area contributed by atoms with E-state index in [1.54, 1.807) is 4.90 Å². The maximum Gasteiger partial charge on any atom is 0.317 e. The van der Waals surface area contributed by atoms with E-state index >= 15 is 0 Å². The number of carbonyl (C=O) groups excluding carboxylic acids is 1. The summed E-state index contributed by atoms with van der Waals surface area (Å²) in [4.78, 5) is 24.7. The molecule has 1 unspecified atom stereocenters. The number of urea groups is 1. The number of amides is 2. The van der Waals surface area contributed by atoms with Crippen molar-refractivity contribution in [2.45, 2.75) is 25.3 Å². The number of nitrogens with one attached hydrogen (secondary N) is 1. The first-order valence-electron chi connectivity index (χ1n) is 6.49. The van der Waals surface area contributed by atoms with E-state index in [9.17, 15) is 9.59 Å². The van der Waals surface area contributed by atoms with Crippen LogP contribution in [0.25, 0.3) is 0 Å². The molecule has 1 atom stereocenters. The van der Waals surface area contributed by atoms with E-state index in [0.29, 0.717) is 0 Å². The third-order valence-electron chi connectivity index (χ3n) is 3.27. The summed E-state index contributed by atoms with van der Waals surface area (Å²) in [7, 11) is 0. The van der Waals surface area contributed by atoms with Crippen LogP contribution < -0.4 is 5.32 Å². The van der Waals surface area contributed by atoms with Gasteiger partial charge in [-0.1, -0.05) is 30.3 Å². The summed E-state index contributed by atoms with van der Waals surface area (Å²) in [5.74, 6) is -0.921. The minimum absolute atomic E-state index is 0.108.